The van der Waals surface area contributed by atoms with Gasteiger partial charge < -0.3 is 30.4 Å². The highest BCUT2D eigenvalue weighted by Crippen LogP contribution is 2.28. The highest BCUT2D eigenvalue weighted by molar-refractivity contribution is 6.33. The van der Waals surface area contributed by atoms with Crippen LogP contribution in [0.5, 0.6) is 5.75 Å². The number of rotatable bonds is 13. The fourth-order valence-corrected chi connectivity index (χ4v) is 7.34. The normalized spacial score (nSPS) is 10.7. The Kier molecular flexibility index (Phi) is 25.8. The second-order valence-corrected chi connectivity index (χ2v) is 20.9. The Morgan fingerprint density at radius 1 is 0.622 bits per heavy atom. The van der Waals surface area contributed by atoms with Gasteiger partial charge in [0.15, 0.2) is 12.6 Å². The Morgan fingerprint density at radius 2 is 1.12 bits per heavy atom. The van der Waals surface area contributed by atoms with Crippen LogP contribution >= 0.6 is 34.8 Å². The number of nitrogens with one attached hydrogen (secondary N) is 3. The van der Waals surface area contributed by atoms with Crippen LogP contribution in [0.2, 0.25) is 15.1 Å². The molecule has 0 radical (unpaired) electrons. The number of aliphatic hydroxyl groups excluding tert-OH is 1. The minimum Gasteiger partial charge on any atom is -0.488 e. The largest absolute Gasteiger partial charge is 0.488 e. The summed E-state index contributed by atoms with van der Waals surface area (Å²) in [5.41, 5.74) is 9.86. The van der Waals surface area contributed by atoms with Crippen LogP contribution < -0.4 is 26.4 Å². The zero-order chi connectivity index (χ0) is 60.6. The Bertz CT molecular complexity index is 3330. The van der Waals surface area contributed by atoms with Gasteiger partial charge in [0.1, 0.15) is 46.8 Å². The SMILES string of the molecule is CC(C)(C)OC(=O)Nc1cc(Cl)ccn1.CC(C)(C)OC(=O)Nc1nccc(Cl)c1C=O.CC(C)n1nccc1-c1ncccc1CO.CNc1nccc(OCc2cccnc2-c2ccnn2C(C)C)c1C=O.Nc1cc(Cl)ccn1. The highest BCUT2D eigenvalue weighted by Gasteiger charge is 2.20. The number of nitrogens with two attached hydrogens (primary N) is 1. The number of carbonyl (C=O) groups excluding carboxylic acids is 4. The Morgan fingerprint density at radius 3 is 1.61 bits per heavy atom. The topological polar surface area (TPSA) is 291 Å². The quantitative estimate of drug-likeness (QED) is 0.0670. The molecule has 8 aromatic rings. The molecule has 0 aliphatic carbocycles. The monoisotopic (exact) mass is 1180 g/mol. The smallest absolute Gasteiger partial charge is 0.413 e. The Labute approximate surface area is 491 Å². The third-order valence-corrected chi connectivity index (χ3v) is 11.0. The van der Waals surface area contributed by atoms with Crippen LogP contribution in [0, 0.1) is 0 Å². The second-order valence-electron chi connectivity index (χ2n) is 19.6. The van der Waals surface area contributed by atoms with Crippen molar-refractivity contribution < 1.29 is 38.5 Å². The number of aliphatic hydroxyl groups is 1. The first-order chi connectivity index (χ1) is 38.9. The lowest BCUT2D eigenvalue weighted by Gasteiger charge is -2.19. The van der Waals surface area contributed by atoms with Gasteiger partial charge in [-0.3, -0.25) is 39.6 Å². The lowest BCUT2D eigenvalue weighted by atomic mass is 10.1. The zero-order valence-corrected chi connectivity index (χ0v) is 49.5. The molecule has 0 spiro atoms. The Hall–Kier alpha value is -8.57. The van der Waals surface area contributed by atoms with Crippen LogP contribution in [-0.2, 0) is 22.7 Å². The molecule has 0 unspecified atom stereocenters. The van der Waals surface area contributed by atoms with Crippen molar-refractivity contribution in [2.45, 2.75) is 106 Å². The minimum absolute atomic E-state index is 0.00749. The number of aldehydes is 2. The van der Waals surface area contributed by atoms with Crippen molar-refractivity contribution >= 4 is 82.8 Å². The van der Waals surface area contributed by atoms with Gasteiger partial charge in [-0.05, 0) is 130 Å². The van der Waals surface area contributed by atoms with Crippen LogP contribution in [0.25, 0.3) is 22.8 Å². The van der Waals surface area contributed by atoms with Crippen molar-refractivity contribution in [1.82, 2.24) is 49.5 Å². The molecule has 8 aromatic heterocycles. The molecular formula is C57H67Cl3N14O8. The molecule has 0 fully saturated rings. The van der Waals surface area contributed by atoms with Crippen LogP contribution in [0.3, 0.4) is 0 Å². The fourth-order valence-electron chi connectivity index (χ4n) is 6.82. The molecule has 0 aliphatic heterocycles. The molecule has 0 bridgehead atoms. The number of carbonyl (C=O) groups is 4. The van der Waals surface area contributed by atoms with Crippen molar-refractivity contribution in [2.24, 2.45) is 0 Å². The number of aromatic nitrogens is 10. The number of hydrogen-bond donors (Lipinski definition) is 5. The van der Waals surface area contributed by atoms with Crippen LogP contribution in [0.1, 0.15) is 113 Å². The van der Waals surface area contributed by atoms with Gasteiger partial charge in [0, 0.05) is 89.9 Å². The maximum atomic E-state index is 11.5. The summed E-state index contributed by atoms with van der Waals surface area (Å²) in [6.45, 7) is 19.1. The van der Waals surface area contributed by atoms with Crippen molar-refractivity contribution in [3.05, 3.63) is 160 Å². The summed E-state index contributed by atoms with van der Waals surface area (Å²) in [7, 11) is 1.71. The third kappa shape index (κ3) is 21.5. The fraction of sp³-hybridized carbons (Fsp3) is 0.298. The van der Waals surface area contributed by atoms with E-state index >= 15 is 0 Å². The van der Waals surface area contributed by atoms with E-state index in [-0.39, 0.29) is 41.7 Å². The molecule has 0 saturated carbocycles. The van der Waals surface area contributed by atoms with Gasteiger partial charge in [-0.25, -0.2) is 29.5 Å². The van der Waals surface area contributed by atoms with Gasteiger partial charge in [0.2, 0.25) is 0 Å². The van der Waals surface area contributed by atoms with E-state index in [9.17, 15) is 24.3 Å². The van der Waals surface area contributed by atoms with Crippen molar-refractivity contribution in [3.8, 4) is 28.5 Å². The molecular weight excluding hydrogens is 1120 g/mol. The minimum atomic E-state index is -0.685. The first kappa shape index (κ1) is 65.9. The van der Waals surface area contributed by atoms with Gasteiger partial charge in [-0.1, -0.05) is 46.9 Å². The number of nitrogens with zero attached hydrogens (tertiary/aromatic N) is 10. The van der Waals surface area contributed by atoms with Crippen LogP contribution in [0.4, 0.5) is 32.9 Å². The van der Waals surface area contributed by atoms with Crippen molar-refractivity contribution in [3.63, 3.8) is 0 Å². The van der Waals surface area contributed by atoms with E-state index in [1.165, 1.54) is 18.5 Å². The molecule has 0 saturated heterocycles. The van der Waals surface area contributed by atoms with Crippen molar-refractivity contribution in [1.29, 1.82) is 0 Å². The Balaban J connectivity index is 0.000000230. The molecule has 0 atom stereocenters. The highest BCUT2D eigenvalue weighted by atomic mass is 35.5. The van der Waals surface area contributed by atoms with Gasteiger partial charge in [-0.2, -0.15) is 10.2 Å². The van der Waals surface area contributed by atoms with Gasteiger partial charge in [-0.15, -0.1) is 0 Å². The molecule has 22 nitrogen and oxygen atoms in total. The third-order valence-electron chi connectivity index (χ3n) is 10.2. The first-order valence-corrected chi connectivity index (χ1v) is 26.4. The molecule has 0 aliphatic rings. The first-order valence-electron chi connectivity index (χ1n) is 25.3. The number of hydrogen-bond acceptors (Lipinski definition) is 18. The van der Waals surface area contributed by atoms with E-state index in [0.29, 0.717) is 45.1 Å². The number of amides is 2. The molecule has 82 heavy (non-hydrogen) atoms. The van der Waals surface area contributed by atoms with E-state index in [1.807, 2.05) is 45.8 Å². The average molecular weight is 1180 g/mol. The van der Waals surface area contributed by atoms with E-state index in [2.05, 4.69) is 83.7 Å². The lowest BCUT2D eigenvalue weighted by Crippen LogP contribution is -2.27. The number of ether oxygens (including phenoxy) is 3. The summed E-state index contributed by atoms with van der Waals surface area (Å²) in [4.78, 5) is 69.5. The maximum Gasteiger partial charge on any atom is 0.413 e. The molecule has 434 valence electrons. The molecule has 6 N–H and O–H groups in total. The van der Waals surface area contributed by atoms with E-state index in [1.54, 1.807) is 116 Å². The zero-order valence-electron chi connectivity index (χ0n) is 47.3. The molecule has 2 amide bonds. The number of anilines is 4. The second kappa shape index (κ2) is 32.0. The van der Waals surface area contributed by atoms with Gasteiger partial charge >= 0.3 is 12.2 Å². The molecule has 25 heteroatoms. The van der Waals surface area contributed by atoms with E-state index in [0.717, 1.165) is 40.2 Å². The summed E-state index contributed by atoms with van der Waals surface area (Å²) < 4.78 is 19.8. The molecule has 8 heterocycles. The summed E-state index contributed by atoms with van der Waals surface area (Å²) in [5, 5.41) is 27.0. The number of pyridine rings is 6. The predicted molar refractivity (Wildman–Crippen MR) is 318 cm³/mol. The lowest BCUT2D eigenvalue weighted by molar-refractivity contribution is 0.0623. The molecule has 8 rings (SSSR count). The van der Waals surface area contributed by atoms with E-state index < -0.39 is 23.4 Å². The maximum absolute atomic E-state index is 11.5. The van der Waals surface area contributed by atoms with Crippen LogP contribution in [-0.4, -0.2) is 97.6 Å². The predicted octanol–water partition coefficient (Wildman–Crippen LogP) is 12.7. The van der Waals surface area contributed by atoms with Crippen LogP contribution in [0.15, 0.2) is 122 Å². The molecule has 0 aromatic carbocycles. The van der Waals surface area contributed by atoms with Crippen molar-refractivity contribution in [2.75, 3.05) is 28.7 Å². The summed E-state index contributed by atoms with van der Waals surface area (Å²) in [6, 6.07) is 21.5. The van der Waals surface area contributed by atoms with Gasteiger partial charge in [0.05, 0.1) is 45.5 Å². The summed E-state index contributed by atoms with van der Waals surface area (Å²) in [5.74, 6) is 1.88. The number of halogens is 3. The summed E-state index contributed by atoms with van der Waals surface area (Å²) >= 11 is 17.0. The number of nitrogen functional groups attached to an aromatic ring is 1. The van der Waals surface area contributed by atoms with Gasteiger partial charge in [0.25, 0.3) is 0 Å². The summed E-state index contributed by atoms with van der Waals surface area (Å²) in [6.07, 6.45) is 13.1. The standard InChI is InChI=1S/C19H21N5O2.C12H15N3O.C11H13ClN2O3.C10H13ClN2O2.C5H5ClN2/c1-13(2)24-16(6-10-23-24)18-14(5-4-8-21-18)12-26-17-7-9-22-19(20-3)15(17)11-25;1-9(2)15-11(5-7-14-15)12-10(8-16)4-3-6-13-12;1-11(2,3)17-10(16)14-9-7(6-15)8(12)4-5-13-9;1-10(2,3)15-9(14)13-8-6-7(11)4-5-12-8;6-4-1-2-8-5(7)3-4/h4-11,13H,12H2,1-3H3,(H,20,22);3-7,9,16H,8H2,1-2H3;4-6H,1-3H3,(H,13,14,16);4-6H,1-3H3,(H,12,13,14);1-3H,(H2,7,8). The average Bonchev–Trinajstić information content (AvgIpc) is 4.23. The van der Waals surface area contributed by atoms with E-state index in [4.69, 9.17) is 54.7 Å².